The summed E-state index contributed by atoms with van der Waals surface area (Å²) < 4.78 is 35.9. The number of fused-ring (bicyclic) bond motifs is 1. The molecule has 1 atom stereocenters. The Labute approximate surface area is 230 Å². The largest absolute Gasteiger partial charge is 0.382 e. The number of nitrogens with one attached hydrogen (secondary N) is 1. The summed E-state index contributed by atoms with van der Waals surface area (Å²) in [6, 6.07) is 9.13. The average molecular weight is 547 g/mol. The molecule has 0 amide bonds. The molecule has 4 heterocycles. The summed E-state index contributed by atoms with van der Waals surface area (Å²) in [6.07, 6.45) is 4.23. The smallest absolute Gasteiger partial charge is 0.261 e. The molecule has 4 aromatic rings. The number of H-pyrrole nitrogens is 1. The highest BCUT2D eigenvalue weighted by molar-refractivity contribution is 5.86. The fourth-order valence-corrected chi connectivity index (χ4v) is 6.04. The zero-order chi connectivity index (χ0) is 28.0. The van der Waals surface area contributed by atoms with Gasteiger partial charge in [0, 0.05) is 36.9 Å². The van der Waals surface area contributed by atoms with Gasteiger partial charge in [-0.3, -0.25) is 9.69 Å². The van der Waals surface area contributed by atoms with Gasteiger partial charge >= 0.3 is 0 Å². The normalized spacial score (nSPS) is 18.6. The molecular weight excluding hydrogens is 514 g/mol. The minimum absolute atomic E-state index is 0.0361. The molecule has 6 rings (SSSR count). The first-order valence-corrected chi connectivity index (χ1v) is 13.8. The lowest BCUT2D eigenvalue weighted by Gasteiger charge is -2.28. The van der Waals surface area contributed by atoms with Gasteiger partial charge in [0.2, 0.25) is 5.95 Å². The zero-order valence-electron chi connectivity index (χ0n) is 22.6. The van der Waals surface area contributed by atoms with Gasteiger partial charge in [-0.1, -0.05) is 12.1 Å². The van der Waals surface area contributed by atoms with Crippen LogP contribution in [0.25, 0.3) is 33.4 Å². The molecule has 2 aliphatic heterocycles. The zero-order valence-corrected chi connectivity index (χ0v) is 22.6. The number of benzene rings is 2. The molecule has 0 aliphatic carbocycles. The molecule has 1 unspecified atom stereocenters. The first-order valence-electron chi connectivity index (χ1n) is 13.8. The Morgan fingerprint density at radius 3 is 2.60 bits per heavy atom. The van der Waals surface area contributed by atoms with Gasteiger partial charge in [-0.15, -0.1) is 0 Å². The predicted octanol–water partition coefficient (Wildman–Crippen LogP) is 5.09. The summed E-state index contributed by atoms with van der Waals surface area (Å²) >= 11 is 0. The van der Waals surface area contributed by atoms with Crippen molar-refractivity contribution in [2.75, 3.05) is 25.5 Å². The van der Waals surface area contributed by atoms with E-state index in [4.69, 9.17) is 10.5 Å². The van der Waals surface area contributed by atoms with Crippen molar-refractivity contribution in [1.29, 1.82) is 0 Å². The Hall–Kier alpha value is -3.76. The molecule has 10 heteroatoms. The van der Waals surface area contributed by atoms with Crippen LogP contribution in [0.1, 0.15) is 55.5 Å². The Morgan fingerprint density at radius 2 is 1.85 bits per heavy atom. The molecular formula is C30H32F2N6O2. The van der Waals surface area contributed by atoms with Crippen molar-refractivity contribution >= 4 is 16.7 Å². The van der Waals surface area contributed by atoms with E-state index in [1.807, 2.05) is 12.1 Å². The first-order chi connectivity index (χ1) is 19.3. The first kappa shape index (κ1) is 26.5. The van der Waals surface area contributed by atoms with Crippen molar-refractivity contribution in [2.24, 2.45) is 0 Å². The lowest BCUT2D eigenvalue weighted by Crippen LogP contribution is -2.27. The number of rotatable bonds is 5. The van der Waals surface area contributed by atoms with Crippen LogP contribution in [0.5, 0.6) is 0 Å². The van der Waals surface area contributed by atoms with Gasteiger partial charge in [0.25, 0.3) is 5.56 Å². The highest BCUT2D eigenvalue weighted by Gasteiger charge is 2.26. The molecule has 0 spiro atoms. The minimum Gasteiger partial charge on any atom is -0.382 e. The number of hydrogen-bond acceptors (Lipinski definition) is 7. The number of aromatic amines is 1. The van der Waals surface area contributed by atoms with Crippen LogP contribution < -0.4 is 11.3 Å². The predicted molar refractivity (Wildman–Crippen MR) is 150 cm³/mol. The Balaban J connectivity index is 1.45. The van der Waals surface area contributed by atoms with E-state index in [1.54, 1.807) is 6.92 Å². The van der Waals surface area contributed by atoms with Gasteiger partial charge in [0.05, 0.1) is 5.52 Å². The molecule has 2 aliphatic rings. The fraction of sp³-hybridized carbons (Fsp3) is 0.400. The summed E-state index contributed by atoms with van der Waals surface area (Å²) in [5, 5.41) is -0.160. The molecule has 2 fully saturated rings. The molecule has 0 saturated carbocycles. The van der Waals surface area contributed by atoms with E-state index >= 15 is 8.78 Å². The number of aryl methyl sites for hydroxylation is 1. The van der Waals surface area contributed by atoms with Gasteiger partial charge in [-0.2, -0.15) is 9.37 Å². The number of halogens is 2. The highest BCUT2D eigenvalue weighted by Crippen LogP contribution is 2.36. The van der Waals surface area contributed by atoms with Crippen molar-refractivity contribution in [1.82, 2.24) is 24.8 Å². The van der Waals surface area contributed by atoms with Crippen LogP contribution in [0, 0.1) is 18.7 Å². The third kappa shape index (κ3) is 4.97. The number of hydrogen-bond donors (Lipinski definition) is 2. The van der Waals surface area contributed by atoms with Crippen molar-refractivity contribution in [3.8, 4) is 22.5 Å². The monoisotopic (exact) mass is 546 g/mol. The molecule has 208 valence electrons. The Morgan fingerprint density at radius 1 is 1.05 bits per heavy atom. The molecule has 3 N–H and O–H groups in total. The van der Waals surface area contributed by atoms with Crippen LogP contribution in [-0.2, 0) is 11.3 Å². The SMILES string of the molecule is Cc1nc2cc(-c3nc(-c4ccc(C5CCOCC5)c(CN5CCCC5C)c4)c(F)nc3N)cc(F)c2c(=O)[nH]1. The Kier molecular flexibility index (Phi) is 7.06. The van der Waals surface area contributed by atoms with Gasteiger partial charge in [0.15, 0.2) is 5.82 Å². The van der Waals surface area contributed by atoms with E-state index in [2.05, 4.69) is 37.8 Å². The highest BCUT2D eigenvalue weighted by atomic mass is 19.1. The molecule has 2 aromatic heterocycles. The second kappa shape index (κ2) is 10.7. The number of anilines is 1. The van der Waals surface area contributed by atoms with E-state index in [9.17, 15) is 4.79 Å². The molecule has 0 bridgehead atoms. The molecule has 2 aromatic carbocycles. The summed E-state index contributed by atoms with van der Waals surface area (Å²) in [5.41, 5.74) is 9.08. The fourth-order valence-electron chi connectivity index (χ4n) is 6.04. The summed E-state index contributed by atoms with van der Waals surface area (Å²) in [7, 11) is 0. The maximum absolute atomic E-state index is 15.3. The van der Waals surface area contributed by atoms with Crippen molar-refractivity contribution in [2.45, 2.75) is 58.0 Å². The number of nitrogen functional groups attached to an aromatic ring is 1. The third-order valence-electron chi connectivity index (χ3n) is 8.17. The molecule has 0 radical (unpaired) electrons. The van der Waals surface area contributed by atoms with E-state index in [-0.39, 0.29) is 33.7 Å². The van der Waals surface area contributed by atoms with Crippen molar-refractivity contribution in [3.05, 3.63) is 69.4 Å². The summed E-state index contributed by atoms with van der Waals surface area (Å²) in [6.45, 7) is 7.12. The van der Waals surface area contributed by atoms with Gasteiger partial charge in [0.1, 0.15) is 28.4 Å². The van der Waals surface area contributed by atoms with Crippen LogP contribution in [0.15, 0.2) is 35.1 Å². The van der Waals surface area contributed by atoms with Crippen LogP contribution >= 0.6 is 0 Å². The van der Waals surface area contributed by atoms with Crippen molar-refractivity contribution in [3.63, 3.8) is 0 Å². The maximum atomic E-state index is 15.3. The van der Waals surface area contributed by atoms with E-state index in [0.717, 1.165) is 63.6 Å². The van der Waals surface area contributed by atoms with Crippen LogP contribution in [0.3, 0.4) is 0 Å². The second-order valence-corrected chi connectivity index (χ2v) is 10.9. The quantitative estimate of drug-likeness (QED) is 0.359. The Bertz CT molecular complexity index is 1650. The minimum atomic E-state index is -0.799. The summed E-state index contributed by atoms with van der Waals surface area (Å²) in [5.74, 6) is -1.01. The van der Waals surface area contributed by atoms with Crippen LogP contribution in [-0.4, -0.2) is 50.6 Å². The van der Waals surface area contributed by atoms with Crippen LogP contribution in [0.2, 0.25) is 0 Å². The van der Waals surface area contributed by atoms with E-state index < -0.39 is 17.3 Å². The number of likely N-dealkylation sites (tertiary alicyclic amines) is 1. The van der Waals surface area contributed by atoms with Crippen molar-refractivity contribution < 1.29 is 13.5 Å². The van der Waals surface area contributed by atoms with Gasteiger partial charge in [-0.25, -0.2) is 14.4 Å². The van der Waals surface area contributed by atoms with E-state index in [1.165, 1.54) is 11.6 Å². The molecule has 8 nitrogen and oxygen atoms in total. The number of nitrogens with two attached hydrogens (primary N) is 1. The number of aromatic nitrogens is 4. The number of ether oxygens (including phenoxy) is 1. The maximum Gasteiger partial charge on any atom is 0.261 e. The van der Waals surface area contributed by atoms with Crippen LogP contribution in [0.4, 0.5) is 14.6 Å². The molecule has 40 heavy (non-hydrogen) atoms. The van der Waals surface area contributed by atoms with E-state index in [0.29, 0.717) is 23.3 Å². The summed E-state index contributed by atoms with van der Waals surface area (Å²) in [4.78, 5) is 30.0. The standard InChI is InChI=1S/C30H32F2N6O2/c1-16-4-3-9-38(16)15-21-12-19(5-6-22(21)18-7-10-40-11-8-18)26-28(32)37-29(33)27(36-26)20-13-23(31)25-24(14-20)34-17(2)35-30(25)39/h5-6,12-14,16,18H,3-4,7-11,15H2,1-2H3,(H2,33,37)(H,34,35,39). The third-order valence-corrected chi connectivity index (χ3v) is 8.17. The lowest BCUT2D eigenvalue weighted by atomic mass is 9.87. The number of nitrogens with zero attached hydrogens (tertiary/aromatic N) is 4. The van der Waals surface area contributed by atoms with Gasteiger partial charge in [-0.05, 0) is 81.3 Å². The molecule has 2 saturated heterocycles. The second-order valence-electron chi connectivity index (χ2n) is 10.9. The lowest BCUT2D eigenvalue weighted by molar-refractivity contribution is 0.0849. The van der Waals surface area contributed by atoms with Gasteiger partial charge < -0.3 is 15.5 Å². The topological polar surface area (TPSA) is 110 Å². The average Bonchev–Trinajstić information content (AvgIpc) is 3.32.